The summed E-state index contributed by atoms with van der Waals surface area (Å²) < 4.78 is 6.55. The number of hydrogen-bond donors (Lipinski definition) is 1. The molecule has 1 aromatic rings. The number of aliphatic hydroxyl groups is 1. The average molecular weight is 308 g/mol. The number of rotatable bonds is 3. The third-order valence-electron chi connectivity index (χ3n) is 5.15. The molecule has 4 heteroatoms. The van der Waals surface area contributed by atoms with Gasteiger partial charge in [-0.15, -0.1) is 0 Å². The van der Waals surface area contributed by atoms with E-state index in [4.69, 9.17) is 4.43 Å². The van der Waals surface area contributed by atoms with E-state index in [2.05, 4.69) is 44.9 Å². The van der Waals surface area contributed by atoms with Crippen LogP contribution in [0.1, 0.15) is 51.5 Å². The predicted molar refractivity (Wildman–Crippen MR) is 88.9 cm³/mol. The Hall–Kier alpha value is -0.713. The van der Waals surface area contributed by atoms with Crippen molar-refractivity contribution in [3.63, 3.8) is 0 Å². The van der Waals surface area contributed by atoms with Gasteiger partial charge in [0, 0.05) is 24.4 Å². The van der Waals surface area contributed by atoms with E-state index in [0.29, 0.717) is 0 Å². The maximum atomic E-state index is 10.3. The topological polar surface area (TPSA) is 42.4 Å². The SMILES string of the molecule is CC(C)(C)[Si](C)(C)O[C@H]1CC[C@@H](O)[C@H](c2cccnc2)C1. The van der Waals surface area contributed by atoms with Crippen LogP contribution in [0.15, 0.2) is 24.5 Å². The lowest BCUT2D eigenvalue weighted by atomic mass is 9.81. The smallest absolute Gasteiger partial charge is 0.192 e. The van der Waals surface area contributed by atoms with Crippen molar-refractivity contribution in [2.75, 3.05) is 0 Å². The van der Waals surface area contributed by atoms with Crippen molar-refractivity contribution in [2.24, 2.45) is 0 Å². The Morgan fingerprint density at radius 3 is 2.57 bits per heavy atom. The van der Waals surface area contributed by atoms with Crippen LogP contribution >= 0.6 is 0 Å². The lowest BCUT2D eigenvalue weighted by Crippen LogP contribution is -2.46. The zero-order valence-corrected chi connectivity index (χ0v) is 15.0. The van der Waals surface area contributed by atoms with Crippen LogP contribution in [-0.2, 0) is 4.43 Å². The molecule has 3 nitrogen and oxygen atoms in total. The Morgan fingerprint density at radius 2 is 2.00 bits per heavy atom. The molecule has 0 unspecified atom stereocenters. The molecule has 1 fully saturated rings. The Kier molecular flexibility index (Phi) is 4.91. The molecule has 21 heavy (non-hydrogen) atoms. The molecule has 0 spiro atoms. The van der Waals surface area contributed by atoms with Gasteiger partial charge in [0.15, 0.2) is 8.32 Å². The predicted octanol–water partition coefficient (Wildman–Crippen LogP) is 4.10. The van der Waals surface area contributed by atoms with E-state index in [9.17, 15) is 5.11 Å². The average Bonchev–Trinajstić information content (AvgIpc) is 2.40. The number of aliphatic hydroxyl groups excluding tert-OH is 1. The van der Waals surface area contributed by atoms with E-state index in [0.717, 1.165) is 24.8 Å². The van der Waals surface area contributed by atoms with Crippen LogP contribution in [0.25, 0.3) is 0 Å². The molecule has 0 bridgehead atoms. The van der Waals surface area contributed by atoms with Gasteiger partial charge in [0.25, 0.3) is 0 Å². The standard InChI is InChI=1S/C17H29NO2Si/c1-17(2,3)21(4,5)20-14-8-9-16(19)15(11-14)13-7-6-10-18-12-13/h6-7,10,12,14-16,19H,8-9,11H2,1-5H3/t14-,15-,16+/m0/s1. The Morgan fingerprint density at radius 1 is 1.29 bits per heavy atom. The number of hydrogen-bond acceptors (Lipinski definition) is 3. The van der Waals surface area contributed by atoms with Gasteiger partial charge < -0.3 is 9.53 Å². The lowest BCUT2D eigenvalue weighted by Gasteiger charge is -2.42. The molecule has 1 aromatic heterocycles. The molecular weight excluding hydrogens is 278 g/mol. The van der Waals surface area contributed by atoms with Crippen LogP contribution in [-0.4, -0.2) is 30.6 Å². The molecule has 1 saturated carbocycles. The first kappa shape index (κ1) is 16.7. The molecule has 1 aliphatic carbocycles. The van der Waals surface area contributed by atoms with E-state index in [1.165, 1.54) is 0 Å². The minimum absolute atomic E-state index is 0.155. The van der Waals surface area contributed by atoms with E-state index >= 15 is 0 Å². The van der Waals surface area contributed by atoms with Crippen molar-refractivity contribution in [1.82, 2.24) is 4.98 Å². The highest BCUT2D eigenvalue weighted by Gasteiger charge is 2.41. The van der Waals surface area contributed by atoms with Gasteiger partial charge in [-0.1, -0.05) is 26.8 Å². The molecule has 1 aliphatic rings. The fraction of sp³-hybridized carbons (Fsp3) is 0.706. The second kappa shape index (κ2) is 6.19. The van der Waals surface area contributed by atoms with Crippen LogP contribution in [0.3, 0.4) is 0 Å². The Balaban J connectivity index is 2.08. The lowest BCUT2D eigenvalue weighted by molar-refractivity contribution is 0.0407. The van der Waals surface area contributed by atoms with E-state index < -0.39 is 8.32 Å². The molecule has 0 amide bonds. The second-order valence-corrected chi connectivity index (χ2v) is 12.5. The monoisotopic (exact) mass is 307 g/mol. The molecule has 118 valence electrons. The molecule has 0 radical (unpaired) electrons. The first-order valence-electron chi connectivity index (χ1n) is 7.96. The highest BCUT2D eigenvalue weighted by Crippen LogP contribution is 2.41. The number of nitrogens with zero attached hydrogens (tertiary/aromatic N) is 1. The Labute approximate surface area is 129 Å². The van der Waals surface area contributed by atoms with Gasteiger partial charge in [-0.25, -0.2) is 0 Å². The summed E-state index contributed by atoms with van der Waals surface area (Å²) in [4.78, 5) is 4.19. The summed E-state index contributed by atoms with van der Waals surface area (Å²) in [7, 11) is -1.74. The van der Waals surface area contributed by atoms with Gasteiger partial charge in [-0.2, -0.15) is 0 Å². The molecule has 2 rings (SSSR count). The summed E-state index contributed by atoms with van der Waals surface area (Å²) in [6.45, 7) is 11.4. The summed E-state index contributed by atoms with van der Waals surface area (Å²) in [5.74, 6) is 0.155. The second-order valence-electron chi connectivity index (χ2n) is 7.77. The quantitative estimate of drug-likeness (QED) is 0.855. The molecule has 0 aromatic carbocycles. The van der Waals surface area contributed by atoms with Gasteiger partial charge in [-0.3, -0.25) is 4.98 Å². The molecular formula is C17H29NO2Si. The van der Waals surface area contributed by atoms with Crippen LogP contribution < -0.4 is 0 Å². The van der Waals surface area contributed by atoms with Gasteiger partial charge in [0.05, 0.1) is 6.10 Å². The van der Waals surface area contributed by atoms with Crippen molar-refractivity contribution >= 4 is 8.32 Å². The molecule has 1 N–H and O–H groups in total. The van der Waals surface area contributed by atoms with Crippen molar-refractivity contribution < 1.29 is 9.53 Å². The molecule has 1 heterocycles. The third kappa shape index (κ3) is 3.93. The molecule has 3 atom stereocenters. The van der Waals surface area contributed by atoms with Crippen LogP contribution in [0.4, 0.5) is 0 Å². The summed E-state index contributed by atoms with van der Waals surface area (Å²) in [6.07, 6.45) is 6.33. The maximum absolute atomic E-state index is 10.3. The number of aromatic nitrogens is 1. The summed E-state index contributed by atoms with van der Waals surface area (Å²) >= 11 is 0. The van der Waals surface area contributed by atoms with Crippen molar-refractivity contribution in [3.05, 3.63) is 30.1 Å². The fourth-order valence-corrected chi connectivity index (χ4v) is 4.17. The first-order valence-corrected chi connectivity index (χ1v) is 10.9. The van der Waals surface area contributed by atoms with Crippen molar-refractivity contribution in [3.8, 4) is 0 Å². The van der Waals surface area contributed by atoms with Crippen LogP contribution in [0, 0.1) is 0 Å². The maximum Gasteiger partial charge on any atom is 0.192 e. The van der Waals surface area contributed by atoms with Gasteiger partial charge >= 0.3 is 0 Å². The summed E-state index contributed by atoms with van der Waals surface area (Å²) in [5.41, 5.74) is 1.13. The molecule has 0 saturated heterocycles. The van der Waals surface area contributed by atoms with E-state index in [-0.39, 0.29) is 23.2 Å². The Bertz CT molecular complexity index is 456. The highest BCUT2D eigenvalue weighted by atomic mass is 28.4. The van der Waals surface area contributed by atoms with Crippen LogP contribution in [0.5, 0.6) is 0 Å². The molecule has 0 aliphatic heterocycles. The minimum atomic E-state index is -1.74. The minimum Gasteiger partial charge on any atom is -0.414 e. The van der Waals surface area contributed by atoms with Gasteiger partial charge in [0.2, 0.25) is 0 Å². The van der Waals surface area contributed by atoms with Crippen molar-refractivity contribution in [1.29, 1.82) is 0 Å². The zero-order chi connectivity index (χ0) is 15.7. The van der Waals surface area contributed by atoms with Gasteiger partial charge in [-0.05, 0) is 49.0 Å². The zero-order valence-electron chi connectivity index (χ0n) is 14.0. The third-order valence-corrected chi connectivity index (χ3v) is 9.68. The van der Waals surface area contributed by atoms with Crippen molar-refractivity contribution in [2.45, 2.75) is 76.3 Å². The van der Waals surface area contributed by atoms with Crippen LogP contribution in [0.2, 0.25) is 18.1 Å². The summed E-state index contributed by atoms with van der Waals surface area (Å²) in [6, 6.07) is 4.01. The first-order chi connectivity index (χ1) is 9.71. The summed E-state index contributed by atoms with van der Waals surface area (Å²) in [5, 5.41) is 10.6. The highest BCUT2D eigenvalue weighted by molar-refractivity contribution is 6.74. The normalized spacial score (nSPS) is 27.6. The van der Waals surface area contributed by atoms with E-state index in [1.54, 1.807) is 6.20 Å². The number of pyridine rings is 1. The van der Waals surface area contributed by atoms with E-state index in [1.807, 2.05) is 12.3 Å². The fourth-order valence-electron chi connectivity index (χ4n) is 2.77. The van der Waals surface area contributed by atoms with Gasteiger partial charge in [0.1, 0.15) is 0 Å². The largest absolute Gasteiger partial charge is 0.414 e.